The van der Waals surface area contributed by atoms with Gasteiger partial charge in [0.15, 0.2) is 6.29 Å². The molecular weight excluding hydrogens is 370 g/mol. The third-order valence-electron chi connectivity index (χ3n) is 8.13. The molecule has 1 heterocycles. The Hall–Kier alpha value is -1.84. The summed E-state index contributed by atoms with van der Waals surface area (Å²) in [6, 6.07) is 16.4. The second-order valence-electron chi connectivity index (χ2n) is 9.53. The predicted octanol–water partition coefficient (Wildman–Crippen LogP) is 5.77. The van der Waals surface area contributed by atoms with Gasteiger partial charge in [-0.3, -0.25) is 0 Å². The minimum atomic E-state index is -0.0844. The molecule has 0 unspecified atom stereocenters. The molecule has 30 heavy (non-hydrogen) atoms. The van der Waals surface area contributed by atoms with Gasteiger partial charge >= 0.3 is 0 Å². The number of anilines is 1. The van der Waals surface area contributed by atoms with E-state index in [2.05, 4.69) is 41.3 Å². The molecule has 0 N–H and O–H groups in total. The standard InChI is InChI=1S/C27H35NO2/c1-29-26(30-2)22-13-18-28(19-14-22)23-10-8-21(9-11-23)25-24-7-4-3-6-20(24)12-17-27(25)15-5-16-27/h3-4,6-11,22,25-26H,5,12-19H2,1-2H3/t25-/m1/s1/i3D. The maximum Gasteiger partial charge on any atom is 0.159 e. The van der Waals surface area contributed by atoms with Crippen LogP contribution in [0.4, 0.5) is 5.69 Å². The Bertz CT molecular complexity index is 896. The quantitative estimate of drug-likeness (QED) is 0.588. The first-order valence-corrected chi connectivity index (χ1v) is 11.6. The van der Waals surface area contributed by atoms with Gasteiger partial charge in [-0.25, -0.2) is 0 Å². The van der Waals surface area contributed by atoms with E-state index < -0.39 is 0 Å². The Kier molecular flexibility index (Phi) is 5.26. The number of aryl methyl sites for hydroxylation is 1. The van der Waals surface area contributed by atoms with Crippen LogP contribution in [0.25, 0.3) is 0 Å². The number of ether oxygens (including phenoxy) is 2. The van der Waals surface area contributed by atoms with Crippen molar-refractivity contribution in [3.05, 3.63) is 65.2 Å². The van der Waals surface area contributed by atoms with Gasteiger partial charge in [-0.05, 0) is 72.8 Å². The van der Waals surface area contributed by atoms with E-state index in [-0.39, 0.29) is 6.29 Å². The molecule has 3 nitrogen and oxygen atoms in total. The minimum Gasteiger partial charge on any atom is -0.372 e. The van der Waals surface area contributed by atoms with Crippen LogP contribution in [0.5, 0.6) is 0 Å². The minimum absolute atomic E-state index is 0.0844. The maximum atomic E-state index is 8.05. The first-order chi connectivity index (χ1) is 15.1. The van der Waals surface area contributed by atoms with E-state index >= 15 is 0 Å². The highest BCUT2D eigenvalue weighted by molar-refractivity contribution is 5.51. The van der Waals surface area contributed by atoms with E-state index in [1.165, 1.54) is 48.1 Å². The van der Waals surface area contributed by atoms with Gasteiger partial charge in [0.2, 0.25) is 0 Å². The second kappa shape index (κ2) is 8.36. The van der Waals surface area contributed by atoms with Crippen molar-refractivity contribution in [1.29, 1.82) is 0 Å². The number of methoxy groups -OCH3 is 2. The molecule has 2 aromatic rings. The zero-order valence-corrected chi connectivity index (χ0v) is 18.4. The largest absolute Gasteiger partial charge is 0.372 e. The van der Waals surface area contributed by atoms with Crippen molar-refractivity contribution in [2.24, 2.45) is 11.3 Å². The molecule has 1 spiro atoms. The molecule has 1 atom stereocenters. The zero-order chi connectivity index (χ0) is 21.4. The Morgan fingerprint density at radius 2 is 1.73 bits per heavy atom. The van der Waals surface area contributed by atoms with Crippen LogP contribution in [0.2, 0.25) is 0 Å². The van der Waals surface area contributed by atoms with Gasteiger partial charge in [-0.15, -0.1) is 0 Å². The smallest absolute Gasteiger partial charge is 0.159 e. The Labute approximate surface area is 182 Å². The molecule has 0 aromatic heterocycles. The Balaban J connectivity index is 1.35. The van der Waals surface area contributed by atoms with Gasteiger partial charge in [-0.1, -0.05) is 42.8 Å². The van der Waals surface area contributed by atoms with Crippen LogP contribution in [-0.2, 0) is 15.9 Å². The lowest BCUT2D eigenvalue weighted by Gasteiger charge is -2.52. The molecule has 1 saturated heterocycles. The fourth-order valence-electron chi connectivity index (χ4n) is 6.32. The zero-order valence-electron chi connectivity index (χ0n) is 19.4. The van der Waals surface area contributed by atoms with Gasteiger partial charge in [0.25, 0.3) is 0 Å². The molecular formula is C27H35NO2. The SMILES string of the molecule is [2H]c1ccc2c(c1)CCC1(CCC1)[C@@H]2c1ccc(N2CCC(C(OC)OC)CC2)cc1. The van der Waals surface area contributed by atoms with E-state index in [4.69, 9.17) is 10.8 Å². The average Bonchev–Trinajstić information content (AvgIpc) is 2.78. The molecule has 5 rings (SSSR count). The predicted molar refractivity (Wildman–Crippen MR) is 122 cm³/mol. The average molecular weight is 407 g/mol. The first-order valence-electron chi connectivity index (χ1n) is 12.1. The summed E-state index contributed by atoms with van der Waals surface area (Å²) in [5.41, 5.74) is 6.09. The van der Waals surface area contributed by atoms with E-state index in [1.807, 2.05) is 6.07 Å². The molecule has 1 saturated carbocycles. The number of piperidine rings is 1. The third kappa shape index (κ3) is 3.46. The molecule has 2 aromatic carbocycles. The summed E-state index contributed by atoms with van der Waals surface area (Å²) in [7, 11) is 3.48. The Morgan fingerprint density at radius 1 is 1.00 bits per heavy atom. The summed E-state index contributed by atoms with van der Waals surface area (Å²) < 4.78 is 19.0. The van der Waals surface area contributed by atoms with Crippen molar-refractivity contribution < 1.29 is 10.8 Å². The number of rotatable bonds is 5. The number of hydrogen-bond acceptors (Lipinski definition) is 3. The lowest BCUT2D eigenvalue weighted by atomic mass is 9.52. The van der Waals surface area contributed by atoms with Crippen LogP contribution in [0.15, 0.2) is 48.5 Å². The molecule has 1 aliphatic heterocycles. The molecule has 0 amide bonds. The van der Waals surface area contributed by atoms with Gasteiger partial charge < -0.3 is 14.4 Å². The van der Waals surface area contributed by atoms with Crippen molar-refractivity contribution in [2.45, 2.75) is 57.2 Å². The fourth-order valence-corrected chi connectivity index (χ4v) is 6.32. The highest BCUT2D eigenvalue weighted by Gasteiger charge is 2.47. The first kappa shape index (κ1) is 18.9. The van der Waals surface area contributed by atoms with Crippen molar-refractivity contribution in [3.63, 3.8) is 0 Å². The number of nitrogens with zero attached hydrogens (tertiary/aromatic N) is 1. The molecule has 3 heteroatoms. The number of fused-ring (bicyclic) bond motifs is 1. The highest BCUT2D eigenvalue weighted by Crippen LogP contribution is 2.59. The van der Waals surface area contributed by atoms with Crippen LogP contribution in [0.3, 0.4) is 0 Å². The van der Waals surface area contributed by atoms with Crippen molar-refractivity contribution in [1.82, 2.24) is 0 Å². The molecule has 0 bridgehead atoms. The van der Waals surface area contributed by atoms with E-state index in [1.54, 1.807) is 14.2 Å². The number of hydrogen-bond donors (Lipinski definition) is 0. The van der Waals surface area contributed by atoms with Crippen LogP contribution in [0.1, 0.15) is 62.5 Å². The van der Waals surface area contributed by atoms with Crippen molar-refractivity contribution >= 4 is 5.69 Å². The molecule has 2 fully saturated rings. The van der Waals surface area contributed by atoms with Crippen molar-refractivity contribution in [3.8, 4) is 0 Å². The molecule has 3 aliphatic rings. The molecule has 0 radical (unpaired) electrons. The normalized spacial score (nSPS) is 23.9. The van der Waals surface area contributed by atoms with Crippen LogP contribution >= 0.6 is 0 Å². The molecule has 2 aliphatic carbocycles. The third-order valence-corrected chi connectivity index (χ3v) is 8.13. The van der Waals surface area contributed by atoms with Gasteiger partial charge in [-0.2, -0.15) is 0 Å². The van der Waals surface area contributed by atoms with Crippen LogP contribution < -0.4 is 4.90 Å². The van der Waals surface area contributed by atoms with Gasteiger partial charge in [0.1, 0.15) is 0 Å². The summed E-state index contributed by atoms with van der Waals surface area (Å²) >= 11 is 0. The maximum absolute atomic E-state index is 8.05. The van der Waals surface area contributed by atoms with Gasteiger partial charge in [0.05, 0.1) is 1.37 Å². The summed E-state index contributed by atoms with van der Waals surface area (Å²) in [5, 5.41) is 0. The Morgan fingerprint density at radius 3 is 2.37 bits per heavy atom. The topological polar surface area (TPSA) is 21.7 Å². The highest BCUT2D eigenvalue weighted by atomic mass is 16.7. The van der Waals surface area contributed by atoms with E-state index in [9.17, 15) is 0 Å². The monoisotopic (exact) mass is 406 g/mol. The second-order valence-corrected chi connectivity index (χ2v) is 9.53. The lowest BCUT2D eigenvalue weighted by Crippen LogP contribution is -2.40. The number of benzene rings is 2. The molecule has 160 valence electrons. The fraction of sp³-hybridized carbons (Fsp3) is 0.556. The van der Waals surface area contributed by atoms with E-state index in [0.717, 1.165) is 32.4 Å². The van der Waals surface area contributed by atoms with Crippen molar-refractivity contribution in [2.75, 3.05) is 32.2 Å². The summed E-state index contributed by atoms with van der Waals surface area (Å²) in [6.07, 6.45) is 8.56. The van der Waals surface area contributed by atoms with Crippen LogP contribution in [-0.4, -0.2) is 33.6 Å². The summed E-state index contributed by atoms with van der Waals surface area (Å²) in [4.78, 5) is 2.50. The van der Waals surface area contributed by atoms with E-state index in [0.29, 0.717) is 23.3 Å². The van der Waals surface area contributed by atoms with Gasteiger partial charge in [0, 0.05) is 44.8 Å². The summed E-state index contributed by atoms with van der Waals surface area (Å²) in [6.45, 7) is 2.10. The van der Waals surface area contributed by atoms with Crippen LogP contribution in [0, 0.1) is 11.3 Å². The summed E-state index contributed by atoms with van der Waals surface area (Å²) in [5.74, 6) is 0.958. The lowest BCUT2D eigenvalue weighted by molar-refractivity contribution is -0.141.